The van der Waals surface area contributed by atoms with Crippen molar-refractivity contribution < 1.29 is 13.9 Å². The second-order valence-corrected chi connectivity index (χ2v) is 8.18. The predicted octanol–water partition coefficient (Wildman–Crippen LogP) is 5.66. The van der Waals surface area contributed by atoms with E-state index in [1.54, 1.807) is 19.2 Å². The topological polar surface area (TPSA) is 59.5 Å². The van der Waals surface area contributed by atoms with Crippen LogP contribution in [0, 0.1) is 5.82 Å². The molecule has 0 bridgehead atoms. The van der Waals surface area contributed by atoms with E-state index < -0.39 is 0 Å². The van der Waals surface area contributed by atoms with Gasteiger partial charge in [-0.15, -0.1) is 0 Å². The second kappa shape index (κ2) is 9.62. The quantitative estimate of drug-likeness (QED) is 0.434. The molecule has 1 atom stereocenters. The molecule has 8 heteroatoms. The van der Waals surface area contributed by atoms with Crippen LogP contribution < -0.4 is 14.8 Å². The molecule has 1 aromatic heterocycles. The predicted molar refractivity (Wildman–Crippen MR) is 124 cm³/mol. The van der Waals surface area contributed by atoms with Crippen LogP contribution in [0.1, 0.15) is 19.8 Å². The summed E-state index contributed by atoms with van der Waals surface area (Å²) in [4.78, 5) is 11.0. The Morgan fingerprint density at radius 2 is 1.97 bits per heavy atom. The van der Waals surface area contributed by atoms with Gasteiger partial charge in [0.2, 0.25) is 0 Å². The third kappa shape index (κ3) is 4.80. The number of benzene rings is 2. The van der Waals surface area contributed by atoms with Gasteiger partial charge in [-0.3, -0.25) is 4.90 Å². The Balaban J connectivity index is 1.69. The fourth-order valence-corrected chi connectivity index (χ4v) is 3.99. The van der Waals surface area contributed by atoms with E-state index in [2.05, 4.69) is 36.1 Å². The van der Waals surface area contributed by atoms with E-state index >= 15 is 0 Å². The fourth-order valence-electron chi connectivity index (χ4n) is 3.66. The maximum Gasteiger partial charge on any atom is 0.172 e. The van der Waals surface area contributed by atoms with Crippen molar-refractivity contribution in [2.24, 2.45) is 0 Å². The minimum Gasteiger partial charge on any atom is -0.493 e. The Morgan fingerprint density at radius 1 is 1.16 bits per heavy atom. The molecule has 0 radical (unpaired) electrons. The van der Waals surface area contributed by atoms with E-state index in [1.807, 2.05) is 31.2 Å². The summed E-state index contributed by atoms with van der Waals surface area (Å²) >= 11 is 3.27. The SMILES string of the molecule is C/C=C/C(Oc1cc2ncnc(Nc3ccc(Br)cc3F)c2cc1OC)N1CCCC1. The largest absolute Gasteiger partial charge is 0.493 e. The molecule has 0 spiro atoms. The highest BCUT2D eigenvalue weighted by Crippen LogP contribution is 2.36. The molecule has 1 unspecified atom stereocenters. The van der Waals surface area contributed by atoms with Crippen LogP contribution in [0.4, 0.5) is 15.9 Å². The van der Waals surface area contributed by atoms with E-state index in [4.69, 9.17) is 9.47 Å². The number of halogens is 2. The summed E-state index contributed by atoms with van der Waals surface area (Å²) in [5.74, 6) is 1.27. The lowest BCUT2D eigenvalue weighted by molar-refractivity contribution is 0.0806. The molecule has 4 rings (SSSR count). The summed E-state index contributed by atoms with van der Waals surface area (Å²) in [5, 5.41) is 3.76. The molecule has 162 valence electrons. The van der Waals surface area contributed by atoms with Gasteiger partial charge in [0.05, 0.1) is 18.3 Å². The van der Waals surface area contributed by atoms with Crippen LogP contribution >= 0.6 is 15.9 Å². The van der Waals surface area contributed by atoms with Crippen molar-refractivity contribution in [1.29, 1.82) is 0 Å². The number of anilines is 2. The molecule has 2 heterocycles. The standard InChI is InChI=1S/C23H24BrFN4O2/c1-3-6-22(29-9-4-5-10-29)31-21-13-19-16(12-20(21)30-2)23(27-14-26-19)28-18-8-7-15(24)11-17(18)25/h3,6-8,11-14,22H,4-5,9-10H2,1-2H3,(H,26,27,28)/b6-3+. The molecule has 1 N–H and O–H groups in total. The molecule has 0 aliphatic carbocycles. The Labute approximate surface area is 189 Å². The molecule has 31 heavy (non-hydrogen) atoms. The minimum absolute atomic E-state index is 0.171. The number of nitrogens with zero attached hydrogens (tertiary/aromatic N) is 3. The van der Waals surface area contributed by atoms with Crippen LogP contribution in [0.15, 0.2) is 53.3 Å². The molecule has 1 aliphatic heterocycles. The van der Waals surface area contributed by atoms with Crippen molar-refractivity contribution >= 4 is 38.3 Å². The van der Waals surface area contributed by atoms with Gasteiger partial charge in [0, 0.05) is 29.0 Å². The first-order chi connectivity index (χ1) is 15.1. The summed E-state index contributed by atoms with van der Waals surface area (Å²) < 4.78 is 26.9. The summed E-state index contributed by atoms with van der Waals surface area (Å²) in [7, 11) is 1.60. The van der Waals surface area contributed by atoms with E-state index in [0.29, 0.717) is 38.4 Å². The zero-order valence-electron chi connectivity index (χ0n) is 17.4. The lowest BCUT2D eigenvalue weighted by atomic mass is 10.2. The van der Waals surface area contributed by atoms with Gasteiger partial charge in [0.25, 0.3) is 0 Å². The van der Waals surface area contributed by atoms with Gasteiger partial charge >= 0.3 is 0 Å². The van der Waals surface area contributed by atoms with Gasteiger partial charge in [0.1, 0.15) is 18.0 Å². The zero-order valence-corrected chi connectivity index (χ0v) is 19.0. The van der Waals surface area contributed by atoms with Crippen molar-refractivity contribution in [2.75, 3.05) is 25.5 Å². The minimum atomic E-state index is -0.382. The van der Waals surface area contributed by atoms with Crippen molar-refractivity contribution in [3.05, 3.63) is 59.1 Å². The van der Waals surface area contributed by atoms with Crippen LogP contribution in [0.2, 0.25) is 0 Å². The van der Waals surface area contributed by atoms with E-state index in [-0.39, 0.29) is 12.0 Å². The number of nitrogens with one attached hydrogen (secondary N) is 1. The lowest BCUT2D eigenvalue weighted by Crippen LogP contribution is -2.35. The summed E-state index contributed by atoms with van der Waals surface area (Å²) in [6.45, 7) is 3.98. The Kier molecular flexibility index (Phi) is 6.67. The van der Waals surface area contributed by atoms with Gasteiger partial charge < -0.3 is 14.8 Å². The molecule has 0 saturated carbocycles. The van der Waals surface area contributed by atoms with Crippen molar-refractivity contribution in [3.63, 3.8) is 0 Å². The van der Waals surface area contributed by atoms with Crippen molar-refractivity contribution in [3.8, 4) is 11.5 Å². The Bertz CT molecular complexity index is 1100. The highest BCUT2D eigenvalue weighted by molar-refractivity contribution is 9.10. The zero-order chi connectivity index (χ0) is 21.8. The first-order valence-corrected chi connectivity index (χ1v) is 11.0. The van der Waals surface area contributed by atoms with Crippen molar-refractivity contribution in [1.82, 2.24) is 14.9 Å². The number of rotatable bonds is 7. The first kappa shape index (κ1) is 21.5. The van der Waals surface area contributed by atoms with Crippen LogP contribution in [0.3, 0.4) is 0 Å². The molecule has 2 aromatic carbocycles. The number of hydrogen-bond acceptors (Lipinski definition) is 6. The summed E-state index contributed by atoms with van der Waals surface area (Å²) in [5.41, 5.74) is 0.996. The molecule has 6 nitrogen and oxygen atoms in total. The van der Waals surface area contributed by atoms with Gasteiger partial charge in [-0.05, 0) is 50.1 Å². The molecular weight excluding hydrogens is 463 g/mol. The summed E-state index contributed by atoms with van der Waals surface area (Å²) in [6.07, 6.45) is 7.64. The van der Waals surface area contributed by atoms with Crippen molar-refractivity contribution in [2.45, 2.75) is 26.0 Å². The molecule has 0 amide bonds. The van der Waals surface area contributed by atoms with Crippen LogP contribution in [0.5, 0.6) is 11.5 Å². The first-order valence-electron chi connectivity index (χ1n) is 10.2. The smallest absolute Gasteiger partial charge is 0.172 e. The molecule has 1 saturated heterocycles. The number of allylic oxidation sites excluding steroid dienone is 1. The van der Waals surface area contributed by atoms with Crippen LogP contribution in [0.25, 0.3) is 10.9 Å². The average molecular weight is 487 g/mol. The number of likely N-dealkylation sites (tertiary alicyclic amines) is 1. The molecular formula is C23H24BrFN4O2. The Morgan fingerprint density at radius 3 is 2.68 bits per heavy atom. The third-order valence-corrected chi connectivity index (χ3v) is 5.70. The number of fused-ring (bicyclic) bond motifs is 1. The summed E-state index contributed by atoms with van der Waals surface area (Å²) in [6, 6.07) is 8.48. The second-order valence-electron chi connectivity index (χ2n) is 7.27. The molecule has 1 fully saturated rings. The molecule has 1 aliphatic rings. The third-order valence-electron chi connectivity index (χ3n) is 5.21. The van der Waals surface area contributed by atoms with Crippen LogP contribution in [-0.2, 0) is 0 Å². The normalized spacial score (nSPS) is 15.5. The number of hydrogen-bond donors (Lipinski definition) is 1. The highest BCUT2D eigenvalue weighted by atomic mass is 79.9. The number of methoxy groups -OCH3 is 1. The van der Waals surface area contributed by atoms with Gasteiger partial charge in [0.15, 0.2) is 17.7 Å². The van der Waals surface area contributed by atoms with Gasteiger partial charge in [-0.1, -0.05) is 22.0 Å². The lowest BCUT2D eigenvalue weighted by Gasteiger charge is -2.26. The average Bonchev–Trinajstić information content (AvgIpc) is 3.30. The van der Waals surface area contributed by atoms with Crippen LogP contribution in [-0.4, -0.2) is 41.3 Å². The number of aromatic nitrogens is 2. The molecule has 3 aromatic rings. The van der Waals surface area contributed by atoms with Gasteiger partial charge in [-0.2, -0.15) is 0 Å². The Hall–Kier alpha value is -2.71. The number of ether oxygens (including phenoxy) is 2. The monoisotopic (exact) mass is 486 g/mol. The maximum atomic E-state index is 14.3. The van der Waals surface area contributed by atoms with E-state index in [0.717, 1.165) is 13.1 Å². The highest BCUT2D eigenvalue weighted by Gasteiger charge is 2.23. The fraction of sp³-hybridized carbons (Fsp3) is 0.304. The van der Waals surface area contributed by atoms with Gasteiger partial charge in [-0.25, -0.2) is 14.4 Å². The maximum absolute atomic E-state index is 14.3. The van der Waals surface area contributed by atoms with E-state index in [1.165, 1.54) is 25.2 Å². The van der Waals surface area contributed by atoms with E-state index in [9.17, 15) is 4.39 Å².